The van der Waals surface area contributed by atoms with Crippen molar-refractivity contribution in [2.75, 3.05) is 11.9 Å². The number of rotatable bonds is 2. The van der Waals surface area contributed by atoms with Gasteiger partial charge in [-0.05, 0) is 18.9 Å². The number of hydrogen-bond acceptors (Lipinski definition) is 3. The second-order valence-electron chi connectivity index (χ2n) is 5.06. The fourth-order valence-corrected chi connectivity index (χ4v) is 2.85. The van der Waals surface area contributed by atoms with Gasteiger partial charge in [-0.1, -0.05) is 24.4 Å². The molecule has 3 nitrogen and oxygen atoms in total. The van der Waals surface area contributed by atoms with Crippen LogP contribution in [0.4, 0.5) is 19.0 Å². The van der Waals surface area contributed by atoms with Crippen molar-refractivity contribution >= 4 is 17.4 Å². The number of aliphatic hydroxyl groups excluding tert-OH is 1. The molecule has 1 aliphatic rings. The third-order valence-electron chi connectivity index (χ3n) is 3.67. The first-order valence-electron chi connectivity index (χ1n) is 6.44. The average Bonchev–Trinajstić information content (AvgIpc) is 2.37. The van der Waals surface area contributed by atoms with Crippen molar-refractivity contribution in [3.05, 3.63) is 22.8 Å². The van der Waals surface area contributed by atoms with Crippen LogP contribution in [0.25, 0.3) is 0 Å². The number of nitrogens with zero attached hydrogens (tertiary/aromatic N) is 2. The smallest absolute Gasteiger partial charge is 0.391 e. The molecule has 2 rings (SSSR count). The maximum absolute atomic E-state index is 12.6. The van der Waals surface area contributed by atoms with Gasteiger partial charge in [-0.25, -0.2) is 4.98 Å². The lowest BCUT2D eigenvalue weighted by Gasteiger charge is -2.36. The molecule has 0 spiro atoms. The van der Waals surface area contributed by atoms with Crippen LogP contribution in [0.5, 0.6) is 0 Å². The maximum Gasteiger partial charge on any atom is 0.417 e. The maximum atomic E-state index is 12.6. The molecule has 1 saturated carbocycles. The summed E-state index contributed by atoms with van der Waals surface area (Å²) in [6, 6.07) is 0.709. The Balaban J connectivity index is 2.24. The van der Waals surface area contributed by atoms with E-state index in [0.717, 1.165) is 31.5 Å². The summed E-state index contributed by atoms with van der Waals surface area (Å²) >= 11 is 5.91. The molecule has 0 aliphatic heterocycles. The largest absolute Gasteiger partial charge is 0.417 e. The normalized spacial score (nSPS) is 23.7. The Kier molecular flexibility index (Phi) is 4.44. The first-order chi connectivity index (χ1) is 9.30. The predicted molar refractivity (Wildman–Crippen MR) is 70.9 cm³/mol. The van der Waals surface area contributed by atoms with Crippen molar-refractivity contribution in [3.63, 3.8) is 0 Å². The predicted octanol–water partition coefficient (Wildman–Crippen LogP) is 3.49. The number of likely N-dealkylation sites (N-methyl/N-ethyl adjacent to an activating group) is 1. The summed E-state index contributed by atoms with van der Waals surface area (Å²) in [5, 5.41) is 9.93. The van der Waals surface area contributed by atoms with Gasteiger partial charge in [-0.15, -0.1) is 0 Å². The van der Waals surface area contributed by atoms with Crippen LogP contribution in [0.1, 0.15) is 31.2 Å². The van der Waals surface area contributed by atoms with E-state index in [-0.39, 0.29) is 16.9 Å². The molecule has 0 aromatic carbocycles. The van der Waals surface area contributed by atoms with Gasteiger partial charge in [0.15, 0.2) is 0 Å². The zero-order chi connectivity index (χ0) is 14.9. The molecule has 2 atom stereocenters. The van der Waals surface area contributed by atoms with Crippen LogP contribution in [0, 0.1) is 0 Å². The topological polar surface area (TPSA) is 36.4 Å². The van der Waals surface area contributed by atoms with Crippen LogP contribution in [-0.4, -0.2) is 29.3 Å². The third kappa shape index (κ3) is 3.17. The summed E-state index contributed by atoms with van der Waals surface area (Å²) in [4.78, 5) is 5.49. The molecule has 7 heteroatoms. The summed E-state index contributed by atoms with van der Waals surface area (Å²) in [5.41, 5.74) is -0.871. The zero-order valence-electron chi connectivity index (χ0n) is 11.0. The molecule has 1 fully saturated rings. The highest BCUT2D eigenvalue weighted by Crippen LogP contribution is 2.35. The van der Waals surface area contributed by atoms with E-state index in [4.69, 9.17) is 11.6 Å². The van der Waals surface area contributed by atoms with Crippen LogP contribution in [0.3, 0.4) is 0 Å². The number of pyridine rings is 1. The minimum absolute atomic E-state index is 0.0555. The first-order valence-corrected chi connectivity index (χ1v) is 6.82. The van der Waals surface area contributed by atoms with Crippen LogP contribution < -0.4 is 4.90 Å². The Morgan fingerprint density at radius 3 is 2.55 bits per heavy atom. The minimum atomic E-state index is -4.46. The first kappa shape index (κ1) is 15.4. The molecule has 1 aromatic heterocycles. The van der Waals surface area contributed by atoms with Crippen molar-refractivity contribution in [1.29, 1.82) is 0 Å². The van der Waals surface area contributed by atoms with Gasteiger partial charge in [0, 0.05) is 13.2 Å². The van der Waals surface area contributed by atoms with E-state index in [1.807, 2.05) is 0 Å². The number of aliphatic hydroxyl groups is 1. The molecule has 1 aromatic rings. The van der Waals surface area contributed by atoms with E-state index in [2.05, 4.69) is 4.98 Å². The summed E-state index contributed by atoms with van der Waals surface area (Å²) in [6.45, 7) is 0. The molecule has 0 radical (unpaired) electrons. The fraction of sp³-hybridized carbons (Fsp3) is 0.615. The van der Waals surface area contributed by atoms with E-state index in [1.54, 1.807) is 11.9 Å². The van der Waals surface area contributed by atoms with Crippen molar-refractivity contribution in [2.24, 2.45) is 0 Å². The lowest BCUT2D eigenvalue weighted by Crippen LogP contribution is -2.44. The minimum Gasteiger partial charge on any atom is -0.391 e. The van der Waals surface area contributed by atoms with E-state index in [1.165, 1.54) is 0 Å². The molecule has 20 heavy (non-hydrogen) atoms. The number of halogens is 4. The molecule has 1 N–H and O–H groups in total. The van der Waals surface area contributed by atoms with Crippen LogP contribution in [0.15, 0.2) is 12.3 Å². The quantitative estimate of drug-likeness (QED) is 0.908. The summed E-state index contributed by atoms with van der Waals surface area (Å²) in [5.74, 6) is 0.269. The summed E-state index contributed by atoms with van der Waals surface area (Å²) < 4.78 is 37.7. The van der Waals surface area contributed by atoms with Crippen LogP contribution in [-0.2, 0) is 6.18 Å². The number of hydrogen-bond donors (Lipinski definition) is 1. The van der Waals surface area contributed by atoms with E-state index < -0.39 is 17.8 Å². The summed E-state index contributed by atoms with van der Waals surface area (Å²) in [7, 11) is 1.70. The zero-order valence-corrected chi connectivity index (χ0v) is 11.7. The fourth-order valence-electron chi connectivity index (χ4n) is 2.55. The van der Waals surface area contributed by atoms with Gasteiger partial charge >= 0.3 is 6.18 Å². The Morgan fingerprint density at radius 2 is 2.00 bits per heavy atom. The van der Waals surface area contributed by atoms with Crippen molar-refractivity contribution in [1.82, 2.24) is 4.98 Å². The molecule has 0 amide bonds. The number of aromatic nitrogens is 1. The molecule has 2 unspecified atom stereocenters. The molecular formula is C13H16ClF3N2O. The lowest BCUT2D eigenvalue weighted by atomic mass is 9.91. The van der Waals surface area contributed by atoms with Gasteiger partial charge in [0.05, 0.1) is 22.7 Å². The van der Waals surface area contributed by atoms with E-state index >= 15 is 0 Å². The molecular weight excluding hydrogens is 293 g/mol. The highest BCUT2D eigenvalue weighted by Gasteiger charge is 2.33. The highest BCUT2D eigenvalue weighted by atomic mass is 35.5. The molecule has 112 valence electrons. The van der Waals surface area contributed by atoms with Crippen molar-refractivity contribution in [3.8, 4) is 0 Å². The van der Waals surface area contributed by atoms with Crippen LogP contribution >= 0.6 is 11.6 Å². The molecule has 0 bridgehead atoms. The Morgan fingerprint density at radius 1 is 1.35 bits per heavy atom. The molecule has 0 saturated heterocycles. The van der Waals surface area contributed by atoms with Crippen molar-refractivity contribution < 1.29 is 18.3 Å². The third-order valence-corrected chi connectivity index (χ3v) is 3.95. The second-order valence-corrected chi connectivity index (χ2v) is 5.46. The standard InChI is InChI=1S/C13H16ClF3N2O/c1-19(10-4-2-3-5-11(10)20)12-9(14)6-8(7-18-12)13(15,16)17/h6-7,10-11,20H,2-5H2,1H3. The monoisotopic (exact) mass is 308 g/mol. The molecule has 1 aliphatic carbocycles. The lowest BCUT2D eigenvalue weighted by molar-refractivity contribution is -0.137. The highest BCUT2D eigenvalue weighted by molar-refractivity contribution is 6.33. The van der Waals surface area contributed by atoms with Gasteiger partial charge in [-0.3, -0.25) is 0 Å². The second kappa shape index (κ2) is 5.77. The van der Waals surface area contributed by atoms with Gasteiger partial charge in [0.25, 0.3) is 0 Å². The Hall–Kier alpha value is -1.01. The van der Waals surface area contributed by atoms with E-state index in [0.29, 0.717) is 6.42 Å². The van der Waals surface area contributed by atoms with Crippen LogP contribution in [0.2, 0.25) is 5.02 Å². The summed E-state index contributed by atoms with van der Waals surface area (Å²) in [6.07, 6.45) is -0.798. The Bertz CT molecular complexity index is 481. The average molecular weight is 309 g/mol. The molecule has 1 heterocycles. The van der Waals surface area contributed by atoms with Gasteiger partial charge < -0.3 is 10.0 Å². The van der Waals surface area contributed by atoms with Gasteiger partial charge in [-0.2, -0.15) is 13.2 Å². The van der Waals surface area contributed by atoms with Gasteiger partial charge in [0.2, 0.25) is 0 Å². The number of alkyl halides is 3. The Labute approximate surface area is 120 Å². The van der Waals surface area contributed by atoms with Crippen molar-refractivity contribution in [2.45, 2.75) is 44.0 Å². The van der Waals surface area contributed by atoms with Gasteiger partial charge in [0.1, 0.15) is 5.82 Å². The SMILES string of the molecule is CN(c1ncc(C(F)(F)F)cc1Cl)C1CCCCC1O. The number of anilines is 1. The van der Waals surface area contributed by atoms with E-state index in [9.17, 15) is 18.3 Å².